The summed E-state index contributed by atoms with van der Waals surface area (Å²) in [6.07, 6.45) is 1.54. The molecule has 0 radical (unpaired) electrons. The average molecular weight is 287 g/mol. The number of nitrogens with zero attached hydrogens (tertiary/aromatic N) is 1. The molecule has 0 N–H and O–H groups in total. The van der Waals surface area contributed by atoms with Crippen LogP contribution in [-0.2, 0) is 4.74 Å². The number of hydrogen-bond donors (Lipinski definition) is 0. The molecule has 0 aliphatic carbocycles. The van der Waals surface area contributed by atoms with Crippen molar-refractivity contribution in [2.75, 3.05) is 6.61 Å². The highest BCUT2D eigenvalue weighted by molar-refractivity contribution is 14.1. The Morgan fingerprint density at radius 3 is 3.08 bits per heavy atom. The first-order valence-corrected chi connectivity index (χ1v) is 4.59. The van der Waals surface area contributed by atoms with Crippen molar-refractivity contribution in [1.82, 2.24) is 4.98 Å². The number of aromatic nitrogens is 1. The van der Waals surface area contributed by atoms with E-state index in [1.807, 2.05) is 22.6 Å². The highest BCUT2D eigenvalue weighted by Crippen LogP contribution is 1.95. The second-order valence-electron chi connectivity index (χ2n) is 2.06. The third-order valence-corrected chi connectivity index (χ3v) is 1.60. The largest absolute Gasteiger partial charge is 0.448 e. The van der Waals surface area contributed by atoms with Gasteiger partial charge in [-0.2, -0.15) is 0 Å². The number of pyridine rings is 1. The first-order chi connectivity index (χ1) is 6.34. The Kier molecular flexibility index (Phi) is 4.26. The van der Waals surface area contributed by atoms with E-state index in [2.05, 4.69) is 14.8 Å². The van der Waals surface area contributed by atoms with Crippen molar-refractivity contribution < 1.29 is 9.53 Å². The van der Waals surface area contributed by atoms with Gasteiger partial charge in [0.25, 0.3) is 0 Å². The molecule has 0 bridgehead atoms. The minimum Gasteiger partial charge on any atom is -0.448 e. The van der Waals surface area contributed by atoms with Gasteiger partial charge in [-0.05, 0) is 16.1 Å². The van der Waals surface area contributed by atoms with E-state index in [4.69, 9.17) is 4.74 Å². The molecule has 0 fully saturated rings. The van der Waals surface area contributed by atoms with Crippen molar-refractivity contribution in [3.05, 3.63) is 30.1 Å². The summed E-state index contributed by atoms with van der Waals surface area (Å²) in [7, 11) is 0. The number of halogens is 1. The topological polar surface area (TPSA) is 39.2 Å². The van der Waals surface area contributed by atoms with Gasteiger partial charge in [0, 0.05) is 28.8 Å². The van der Waals surface area contributed by atoms with E-state index in [9.17, 15) is 4.79 Å². The average Bonchev–Trinajstić information content (AvgIpc) is 2.19. The SMILES string of the molecule is O=C(OCC#CI)c1ccccn1. The molecule has 1 heterocycles. The molecule has 13 heavy (non-hydrogen) atoms. The predicted octanol–water partition coefficient (Wildman–Crippen LogP) is 1.63. The van der Waals surface area contributed by atoms with E-state index >= 15 is 0 Å². The highest BCUT2D eigenvalue weighted by Gasteiger charge is 2.05. The van der Waals surface area contributed by atoms with Crippen LogP contribution in [0.2, 0.25) is 0 Å². The van der Waals surface area contributed by atoms with Crippen LogP contribution >= 0.6 is 22.6 Å². The lowest BCUT2D eigenvalue weighted by atomic mass is 10.4. The van der Waals surface area contributed by atoms with Crippen LogP contribution < -0.4 is 0 Å². The fourth-order valence-corrected chi connectivity index (χ4v) is 0.842. The van der Waals surface area contributed by atoms with E-state index in [-0.39, 0.29) is 6.61 Å². The third kappa shape index (κ3) is 3.42. The summed E-state index contributed by atoms with van der Waals surface area (Å²) in [6, 6.07) is 5.06. The lowest BCUT2D eigenvalue weighted by molar-refractivity contribution is 0.0550. The van der Waals surface area contributed by atoms with Crippen LogP contribution in [0, 0.1) is 9.85 Å². The van der Waals surface area contributed by atoms with Crippen molar-refractivity contribution in [2.45, 2.75) is 0 Å². The molecule has 0 amide bonds. The number of esters is 1. The molecular weight excluding hydrogens is 281 g/mol. The van der Waals surface area contributed by atoms with Crippen molar-refractivity contribution in [3.63, 3.8) is 0 Å². The van der Waals surface area contributed by atoms with Crippen molar-refractivity contribution in [3.8, 4) is 9.85 Å². The van der Waals surface area contributed by atoms with Gasteiger partial charge < -0.3 is 4.74 Å². The van der Waals surface area contributed by atoms with Crippen LogP contribution in [0.5, 0.6) is 0 Å². The zero-order valence-corrected chi connectivity index (χ0v) is 8.82. The van der Waals surface area contributed by atoms with Gasteiger partial charge in [-0.3, -0.25) is 0 Å². The van der Waals surface area contributed by atoms with E-state index in [1.54, 1.807) is 24.4 Å². The molecule has 0 aromatic carbocycles. The van der Waals surface area contributed by atoms with E-state index in [0.717, 1.165) is 0 Å². The van der Waals surface area contributed by atoms with Crippen molar-refractivity contribution >= 4 is 28.6 Å². The van der Waals surface area contributed by atoms with Gasteiger partial charge in [-0.1, -0.05) is 12.0 Å². The number of carbonyl (C=O) groups excluding carboxylic acids is 1. The summed E-state index contributed by atoms with van der Waals surface area (Å²) < 4.78 is 7.39. The van der Waals surface area contributed by atoms with Gasteiger partial charge in [0.1, 0.15) is 5.69 Å². The Labute approximate surface area is 89.6 Å². The maximum Gasteiger partial charge on any atom is 0.357 e. The Morgan fingerprint density at radius 1 is 1.62 bits per heavy atom. The Bertz CT molecular complexity index is 340. The van der Waals surface area contributed by atoms with Crippen molar-refractivity contribution in [2.24, 2.45) is 0 Å². The molecule has 0 unspecified atom stereocenters. The monoisotopic (exact) mass is 287 g/mol. The Hall–Kier alpha value is -1.09. The lowest BCUT2D eigenvalue weighted by Crippen LogP contribution is -2.06. The molecule has 0 spiro atoms. The Morgan fingerprint density at radius 2 is 2.46 bits per heavy atom. The van der Waals surface area contributed by atoms with Gasteiger partial charge in [-0.25, -0.2) is 9.78 Å². The number of ether oxygens (including phenoxy) is 1. The highest BCUT2D eigenvalue weighted by atomic mass is 127. The maximum atomic E-state index is 11.2. The molecule has 0 saturated carbocycles. The molecular formula is C9H6INO2. The third-order valence-electron chi connectivity index (χ3n) is 1.22. The Balaban J connectivity index is 2.53. The summed E-state index contributed by atoms with van der Waals surface area (Å²) in [5.74, 6) is 2.17. The summed E-state index contributed by atoms with van der Waals surface area (Å²) in [4.78, 5) is 15.0. The molecule has 66 valence electrons. The van der Waals surface area contributed by atoms with Crippen LogP contribution in [0.4, 0.5) is 0 Å². The number of rotatable bonds is 2. The van der Waals surface area contributed by atoms with Crippen molar-refractivity contribution in [1.29, 1.82) is 0 Å². The molecule has 0 atom stereocenters. The molecule has 1 aromatic heterocycles. The second-order valence-corrected chi connectivity index (χ2v) is 2.60. The maximum absolute atomic E-state index is 11.2. The first kappa shape index (κ1) is 9.99. The standard InChI is InChI=1S/C9H6INO2/c10-5-3-7-13-9(12)8-4-1-2-6-11-8/h1-2,4,6H,7H2. The summed E-state index contributed by atoms with van der Waals surface area (Å²) >= 11 is 1.88. The molecule has 1 aromatic rings. The molecule has 0 aliphatic rings. The quantitative estimate of drug-likeness (QED) is 0.471. The van der Waals surface area contributed by atoms with Gasteiger partial charge in [0.15, 0.2) is 6.61 Å². The minimum atomic E-state index is -0.445. The lowest BCUT2D eigenvalue weighted by Gasteiger charge is -1.97. The zero-order valence-electron chi connectivity index (χ0n) is 6.66. The predicted molar refractivity (Wildman–Crippen MR) is 56.3 cm³/mol. The van der Waals surface area contributed by atoms with Gasteiger partial charge >= 0.3 is 5.97 Å². The van der Waals surface area contributed by atoms with E-state index < -0.39 is 5.97 Å². The van der Waals surface area contributed by atoms with Gasteiger partial charge in [0.2, 0.25) is 0 Å². The summed E-state index contributed by atoms with van der Waals surface area (Å²) in [6.45, 7) is 0.109. The molecule has 0 saturated heterocycles. The molecule has 4 heteroatoms. The summed E-state index contributed by atoms with van der Waals surface area (Å²) in [5, 5.41) is 0. The fraction of sp³-hybridized carbons (Fsp3) is 0.111. The number of carbonyl (C=O) groups is 1. The summed E-state index contributed by atoms with van der Waals surface area (Å²) in [5.41, 5.74) is 0.303. The fourth-order valence-electron chi connectivity index (χ4n) is 0.686. The van der Waals surface area contributed by atoms with Crippen LogP contribution in [0.3, 0.4) is 0 Å². The normalized spacial score (nSPS) is 8.38. The second kappa shape index (κ2) is 5.54. The van der Waals surface area contributed by atoms with E-state index in [1.165, 1.54) is 0 Å². The smallest absolute Gasteiger partial charge is 0.357 e. The van der Waals surface area contributed by atoms with E-state index in [0.29, 0.717) is 5.69 Å². The number of hydrogen-bond acceptors (Lipinski definition) is 3. The van der Waals surface area contributed by atoms with Crippen LogP contribution in [0.25, 0.3) is 0 Å². The first-order valence-electron chi connectivity index (χ1n) is 3.51. The molecule has 3 nitrogen and oxygen atoms in total. The minimum absolute atomic E-state index is 0.109. The van der Waals surface area contributed by atoms with Gasteiger partial charge in [-0.15, -0.1) is 0 Å². The molecule has 1 rings (SSSR count). The van der Waals surface area contributed by atoms with Crippen LogP contribution in [-0.4, -0.2) is 17.6 Å². The molecule has 0 aliphatic heterocycles. The van der Waals surface area contributed by atoms with Gasteiger partial charge in [0.05, 0.1) is 0 Å². The zero-order chi connectivity index (χ0) is 9.52. The van der Waals surface area contributed by atoms with Crippen LogP contribution in [0.15, 0.2) is 24.4 Å². The van der Waals surface area contributed by atoms with Crippen LogP contribution in [0.1, 0.15) is 10.5 Å².